The van der Waals surface area contributed by atoms with Gasteiger partial charge in [-0.25, -0.2) is 0 Å². The summed E-state index contributed by atoms with van der Waals surface area (Å²) in [5.74, 6) is 0. The number of hydrogen-bond acceptors (Lipinski definition) is 5. The van der Waals surface area contributed by atoms with Gasteiger partial charge in [0.1, 0.15) is 12.4 Å². The van der Waals surface area contributed by atoms with Gasteiger partial charge in [-0.05, 0) is 17.6 Å². The minimum Gasteiger partial charge on any atom is -0.390 e. The first-order valence-corrected chi connectivity index (χ1v) is 7.93. The molecule has 1 atom stereocenters. The van der Waals surface area contributed by atoms with Gasteiger partial charge in [-0.1, -0.05) is 36.4 Å². The molecule has 0 saturated heterocycles. The number of β-amino-alcohol motifs (C(OH)–C–C–N with tert-alkyl or cyclic N) is 1. The van der Waals surface area contributed by atoms with Crippen molar-refractivity contribution in [1.82, 2.24) is 14.7 Å². The molecule has 2 heterocycles. The second-order valence-corrected chi connectivity index (χ2v) is 5.94. The largest absolute Gasteiger partial charge is 0.390 e. The summed E-state index contributed by atoms with van der Waals surface area (Å²) in [6.07, 6.45) is 5.07. The highest BCUT2D eigenvalue weighted by atomic mass is 16.6. The lowest BCUT2D eigenvalue weighted by Gasteiger charge is -2.28. The van der Waals surface area contributed by atoms with Gasteiger partial charge in [0.25, 0.3) is 0 Å². The fourth-order valence-electron chi connectivity index (χ4n) is 2.91. The first kappa shape index (κ1) is 16.4. The maximum absolute atomic E-state index is 10.6. The lowest BCUT2D eigenvalue weighted by molar-refractivity contribution is -0.385. The van der Waals surface area contributed by atoms with Crippen LogP contribution in [0.2, 0.25) is 0 Å². The Labute approximate surface area is 140 Å². The molecule has 0 unspecified atom stereocenters. The molecule has 1 aromatic carbocycles. The van der Waals surface area contributed by atoms with E-state index in [0.29, 0.717) is 6.54 Å². The third kappa shape index (κ3) is 4.06. The molecule has 0 spiro atoms. The Morgan fingerprint density at radius 1 is 1.29 bits per heavy atom. The number of aromatic nitrogens is 2. The van der Waals surface area contributed by atoms with Crippen LogP contribution >= 0.6 is 0 Å². The van der Waals surface area contributed by atoms with Gasteiger partial charge in [0.15, 0.2) is 0 Å². The Hall–Kier alpha value is -2.51. The SMILES string of the molecule is O=[N+]([O-])c1cnn(C[C@H](O)CN2CC=C(c3ccccc3)CC2)c1. The van der Waals surface area contributed by atoms with Crippen molar-refractivity contribution in [3.05, 3.63) is 64.5 Å². The van der Waals surface area contributed by atoms with Crippen LogP contribution in [-0.4, -0.2) is 50.4 Å². The molecule has 0 aliphatic carbocycles. The van der Waals surface area contributed by atoms with Gasteiger partial charge in [0.05, 0.1) is 17.6 Å². The van der Waals surface area contributed by atoms with Crippen molar-refractivity contribution >= 4 is 11.3 Å². The maximum atomic E-state index is 10.6. The van der Waals surface area contributed by atoms with E-state index in [0.717, 1.165) is 19.5 Å². The first-order chi connectivity index (χ1) is 11.6. The fraction of sp³-hybridized carbons (Fsp3) is 0.353. The summed E-state index contributed by atoms with van der Waals surface area (Å²) in [7, 11) is 0. The number of hydrogen-bond donors (Lipinski definition) is 1. The third-order valence-corrected chi connectivity index (χ3v) is 4.14. The Kier molecular flexibility index (Phi) is 5.02. The van der Waals surface area contributed by atoms with Crippen LogP contribution in [0.4, 0.5) is 5.69 Å². The summed E-state index contributed by atoms with van der Waals surface area (Å²) in [4.78, 5) is 12.3. The van der Waals surface area contributed by atoms with Crippen molar-refractivity contribution in [1.29, 1.82) is 0 Å². The van der Waals surface area contributed by atoms with Crippen LogP contribution in [0.5, 0.6) is 0 Å². The number of nitrogens with zero attached hydrogens (tertiary/aromatic N) is 4. The quantitative estimate of drug-likeness (QED) is 0.647. The highest BCUT2D eigenvalue weighted by Gasteiger charge is 2.17. The molecule has 1 aliphatic rings. The second kappa shape index (κ2) is 7.37. The molecule has 1 aromatic heterocycles. The number of aliphatic hydroxyl groups is 1. The van der Waals surface area contributed by atoms with Crippen LogP contribution in [0, 0.1) is 10.1 Å². The Morgan fingerprint density at radius 2 is 2.08 bits per heavy atom. The topological polar surface area (TPSA) is 84.4 Å². The van der Waals surface area contributed by atoms with Crippen molar-refractivity contribution in [3.63, 3.8) is 0 Å². The predicted octanol–water partition coefficient (Wildman–Crippen LogP) is 1.94. The Morgan fingerprint density at radius 3 is 2.71 bits per heavy atom. The molecule has 24 heavy (non-hydrogen) atoms. The van der Waals surface area contributed by atoms with Crippen LogP contribution in [0.1, 0.15) is 12.0 Å². The average Bonchev–Trinajstić information content (AvgIpc) is 3.05. The lowest BCUT2D eigenvalue weighted by Crippen LogP contribution is -2.37. The molecule has 0 fully saturated rings. The summed E-state index contributed by atoms with van der Waals surface area (Å²) in [5.41, 5.74) is 2.53. The molecule has 126 valence electrons. The molecular formula is C17H20N4O3. The number of nitro groups is 1. The zero-order chi connectivity index (χ0) is 16.9. The maximum Gasteiger partial charge on any atom is 0.306 e. The van der Waals surface area contributed by atoms with Crippen LogP contribution in [0.25, 0.3) is 5.57 Å². The van der Waals surface area contributed by atoms with Gasteiger partial charge in [-0.2, -0.15) is 5.10 Å². The van der Waals surface area contributed by atoms with Gasteiger partial charge < -0.3 is 5.11 Å². The van der Waals surface area contributed by atoms with Gasteiger partial charge in [0.2, 0.25) is 0 Å². The molecule has 7 heteroatoms. The highest BCUT2D eigenvalue weighted by molar-refractivity contribution is 5.66. The molecule has 2 aromatic rings. The van der Waals surface area contributed by atoms with E-state index >= 15 is 0 Å². The van der Waals surface area contributed by atoms with Crippen LogP contribution in [0.3, 0.4) is 0 Å². The molecule has 0 radical (unpaired) electrons. The summed E-state index contributed by atoms with van der Waals surface area (Å²) in [6.45, 7) is 2.45. The van der Waals surface area contributed by atoms with E-state index in [9.17, 15) is 15.2 Å². The average molecular weight is 328 g/mol. The van der Waals surface area contributed by atoms with E-state index < -0.39 is 11.0 Å². The van der Waals surface area contributed by atoms with E-state index in [-0.39, 0.29) is 12.2 Å². The van der Waals surface area contributed by atoms with Gasteiger partial charge in [-0.3, -0.25) is 19.7 Å². The second-order valence-electron chi connectivity index (χ2n) is 5.94. The summed E-state index contributed by atoms with van der Waals surface area (Å²) in [6, 6.07) is 10.3. The van der Waals surface area contributed by atoms with E-state index in [1.54, 1.807) is 0 Å². The number of aliphatic hydroxyl groups excluding tert-OH is 1. The highest BCUT2D eigenvalue weighted by Crippen LogP contribution is 2.22. The van der Waals surface area contributed by atoms with Crippen LogP contribution < -0.4 is 0 Å². The summed E-state index contributed by atoms with van der Waals surface area (Å²) in [5, 5.41) is 24.7. The zero-order valence-electron chi connectivity index (χ0n) is 13.3. The van der Waals surface area contributed by atoms with Crippen molar-refractivity contribution < 1.29 is 10.0 Å². The molecule has 0 saturated carbocycles. The van der Waals surface area contributed by atoms with Crippen molar-refractivity contribution in [2.24, 2.45) is 0 Å². The molecule has 0 bridgehead atoms. The number of benzene rings is 1. The predicted molar refractivity (Wildman–Crippen MR) is 90.4 cm³/mol. The Bertz CT molecular complexity index is 726. The monoisotopic (exact) mass is 328 g/mol. The van der Waals surface area contributed by atoms with E-state index in [1.807, 2.05) is 18.2 Å². The number of rotatable bonds is 6. The van der Waals surface area contributed by atoms with Gasteiger partial charge in [0, 0.05) is 19.6 Å². The van der Waals surface area contributed by atoms with Gasteiger partial charge >= 0.3 is 5.69 Å². The molecular weight excluding hydrogens is 308 g/mol. The van der Waals surface area contributed by atoms with Gasteiger partial charge in [-0.15, -0.1) is 0 Å². The van der Waals surface area contributed by atoms with Crippen molar-refractivity contribution in [2.75, 3.05) is 19.6 Å². The minimum absolute atomic E-state index is 0.0596. The minimum atomic E-state index is -0.615. The van der Waals surface area contributed by atoms with Crippen molar-refractivity contribution in [3.8, 4) is 0 Å². The van der Waals surface area contributed by atoms with E-state index in [4.69, 9.17) is 0 Å². The van der Waals surface area contributed by atoms with Crippen LogP contribution in [-0.2, 0) is 6.54 Å². The first-order valence-electron chi connectivity index (χ1n) is 7.93. The molecule has 7 nitrogen and oxygen atoms in total. The van der Waals surface area contributed by atoms with E-state index in [1.165, 1.54) is 28.2 Å². The standard InChI is InChI=1S/C17H20N4O3/c22-17(13-20-11-16(10-18-20)21(23)24)12-19-8-6-15(7-9-19)14-4-2-1-3-5-14/h1-6,10-11,17,22H,7-9,12-13H2/t17-/m1/s1. The zero-order valence-corrected chi connectivity index (χ0v) is 13.3. The normalized spacial score (nSPS) is 16.6. The lowest BCUT2D eigenvalue weighted by atomic mass is 9.99. The van der Waals surface area contributed by atoms with Crippen molar-refractivity contribution in [2.45, 2.75) is 19.1 Å². The Balaban J connectivity index is 1.51. The summed E-state index contributed by atoms with van der Waals surface area (Å²) < 4.78 is 1.41. The fourth-order valence-corrected chi connectivity index (χ4v) is 2.91. The molecule has 3 rings (SSSR count). The molecule has 1 N–H and O–H groups in total. The van der Waals surface area contributed by atoms with E-state index in [2.05, 4.69) is 28.2 Å². The third-order valence-electron chi connectivity index (χ3n) is 4.14. The smallest absolute Gasteiger partial charge is 0.306 e. The van der Waals surface area contributed by atoms with Crippen LogP contribution in [0.15, 0.2) is 48.8 Å². The molecule has 0 amide bonds. The summed E-state index contributed by atoms with van der Waals surface area (Å²) >= 11 is 0. The molecule has 1 aliphatic heterocycles.